The number of anilines is 1. The fourth-order valence-electron chi connectivity index (χ4n) is 2.54. The van der Waals surface area contributed by atoms with E-state index in [1.807, 2.05) is 18.2 Å². The summed E-state index contributed by atoms with van der Waals surface area (Å²) in [5.74, 6) is -0.317. The van der Waals surface area contributed by atoms with Gasteiger partial charge in [-0.1, -0.05) is 18.2 Å². The van der Waals surface area contributed by atoms with E-state index in [4.69, 9.17) is 4.74 Å². The molecule has 0 saturated heterocycles. The van der Waals surface area contributed by atoms with Crippen molar-refractivity contribution in [1.82, 2.24) is 5.43 Å². The van der Waals surface area contributed by atoms with Crippen LogP contribution in [0.1, 0.15) is 15.9 Å². The molecular formula is C22H17BrN4O5. The van der Waals surface area contributed by atoms with Crippen LogP contribution in [0.5, 0.6) is 5.75 Å². The molecule has 0 spiro atoms. The first-order valence-electron chi connectivity index (χ1n) is 9.27. The molecule has 9 nitrogen and oxygen atoms in total. The summed E-state index contributed by atoms with van der Waals surface area (Å²) in [6.45, 7) is -0.160. The van der Waals surface area contributed by atoms with E-state index in [0.717, 1.165) is 0 Å². The van der Waals surface area contributed by atoms with Crippen molar-refractivity contribution in [2.24, 2.45) is 5.10 Å². The minimum Gasteiger partial charge on any atom is -0.483 e. The number of nitro groups is 1. The number of halogens is 1. The molecule has 3 rings (SSSR count). The SMILES string of the molecule is O=C(COc1ccc(/C=N/NC(=O)c2ccc([N+](=O)[O-])cc2)cc1Br)Nc1ccccc1. The smallest absolute Gasteiger partial charge is 0.271 e. The first-order chi connectivity index (χ1) is 15.4. The number of hydrogen-bond donors (Lipinski definition) is 2. The molecule has 0 atom stereocenters. The predicted octanol–water partition coefficient (Wildman–Crippen LogP) is 4.14. The van der Waals surface area contributed by atoms with Crippen LogP contribution in [0, 0.1) is 10.1 Å². The highest BCUT2D eigenvalue weighted by molar-refractivity contribution is 9.10. The van der Waals surface area contributed by atoms with E-state index in [0.29, 0.717) is 21.5 Å². The van der Waals surface area contributed by atoms with Gasteiger partial charge in [-0.15, -0.1) is 0 Å². The Hall–Kier alpha value is -4.05. The van der Waals surface area contributed by atoms with Crippen molar-refractivity contribution in [3.63, 3.8) is 0 Å². The van der Waals surface area contributed by atoms with Gasteiger partial charge in [0, 0.05) is 23.4 Å². The number of amides is 2. The molecule has 0 aromatic heterocycles. The monoisotopic (exact) mass is 496 g/mol. The Morgan fingerprint density at radius 1 is 1.06 bits per heavy atom. The van der Waals surface area contributed by atoms with Crippen LogP contribution in [-0.2, 0) is 4.79 Å². The molecule has 2 amide bonds. The summed E-state index contributed by atoms with van der Waals surface area (Å²) in [7, 11) is 0. The number of carbonyl (C=O) groups is 2. The maximum absolute atomic E-state index is 12.1. The molecule has 0 heterocycles. The third-order valence-electron chi connectivity index (χ3n) is 4.09. The first kappa shape index (κ1) is 22.6. The minimum absolute atomic E-state index is 0.102. The summed E-state index contributed by atoms with van der Waals surface area (Å²) in [6.07, 6.45) is 1.43. The predicted molar refractivity (Wildman–Crippen MR) is 123 cm³/mol. The summed E-state index contributed by atoms with van der Waals surface area (Å²) in [6, 6.07) is 19.3. The van der Waals surface area contributed by atoms with E-state index in [2.05, 4.69) is 31.8 Å². The Morgan fingerprint density at radius 3 is 2.44 bits per heavy atom. The highest BCUT2D eigenvalue weighted by Gasteiger charge is 2.09. The number of hydrazone groups is 1. The fraction of sp³-hybridized carbons (Fsp3) is 0.0455. The van der Waals surface area contributed by atoms with Gasteiger partial charge >= 0.3 is 0 Å². The Balaban J connectivity index is 1.51. The molecule has 3 aromatic carbocycles. The van der Waals surface area contributed by atoms with Gasteiger partial charge in [0.25, 0.3) is 17.5 Å². The van der Waals surface area contributed by atoms with Crippen molar-refractivity contribution in [3.8, 4) is 5.75 Å². The number of rotatable bonds is 8. The van der Waals surface area contributed by atoms with Crippen LogP contribution in [-0.4, -0.2) is 29.6 Å². The quantitative estimate of drug-likeness (QED) is 0.275. The lowest BCUT2D eigenvalue weighted by atomic mass is 10.2. The number of non-ortho nitro benzene ring substituents is 1. The molecule has 0 fully saturated rings. The number of para-hydroxylation sites is 1. The summed E-state index contributed by atoms with van der Waals surface area (Å²) < 4.78 is 6.14. The molecule has 32 heavy (non-hydrogen) atoms. The lowest BCUT2D eigenvalue weighted by molar-refractivity contribution is -0.384. The number of benzene rings is 3. The summed E-state index contributed by atoms with van der Waals surface area (Å²) in [5, 5.41) is 17.3. The van der Waals surface area contributed by atoms with Gasteiger partial charge in [-0.25, -0.2) is 5.43 Å². The zero-order valence-corrected chi connectivity index (χ0v) is 18.1. The van der Waals surface area contributed by atoms with Crippen LogP contribution in [0.4, 0.5) is 11.4 Å². The molecule has 0 aliphatic rings. The molecule has 0 bridgehead atoms. The third kappa shape index (κ3) is 6.47. The fourth-order valence-corrected chi connectivity index (χ4v) is 3.05. The molecule has 162 valence electrons. The number of nitro benzene ring substituents is 1. The van der Waals surface area contributed by atoms with Crippen LogP contribution in [0.2, 0.25) is 0 Å². The summed E-state index contributed by atoms with van der Waals surface area (Å²) >= 11 is 3.38. The maximum Gasteiger partial charge on any atom is 0.271 e. The first-order valence-corrected chi connectivity index (χ1v) is 10.1. The second-order valence-corrected chi connectivity index (χ2v) is 7.25. The van der Waals surface area contributed by atoms with Crippen molar-refractivity contribution in [3.05, 3.63) is 98.5 Å². The second kappa shape index (κ2) is 10.8. The number of nitrogens with zero attached hydrogens (tertiary/aromatic N) is 2. The Kier molecular flexibility index (Phi) is 7.65. The summed E-state index contributed by atoms with van der Waals surface area (Å²) in [5.41, 5.74) is 3.85. The van der Waals surface area contributed by atoms with E-state index in [1.165, 1.54) is 30.5 Å². The average Bonchev–Trinajstić information content (AvgIpc) is 2.79. The van der Waals surface area contributed by atoms with Crippen LogP contribution in [0.15, 0.2) is 82.4 Å². The van der Waals surface area contributed by atoms with Crippen molar-refractivity contribution in [1.29, 1.82) is 0 Å². The van der Waals surface area contributed by atoms with Crippen LogP contribution >= 0.6 is 15.9 Å². The van der Waals surface area contributed by atoms with Crippen molar-refractivity contribution in [2.75, 3.05) is 11.9 Å². The number of carbonyl (C=O) groups excluding carboxylic acids is 2. The van der Waals surface area contributed by atoms with E-state index < -0.39 is 10.8 Å². The lowest BCUT2D eigenvalue weighted by Gasteiger charge is -2.09. The van der Waals surface area contributed by atoms with Gasteiger partial charge in [0.2, 0.25) is 0 Å². The molecule has 0 aliphatic heterocycles. The van der Waals surface area contributed by atoms with Gasteiger partial charge in [-0.3, -0.25) is 19.7 Å². The van der Waals surface area contributed by atoms with Crippen LogP contribution < -0.4 is 15.5 Å². The van der Waals surface area contributed by atoms with Gasteiger partial charge < -0.3 is 10.1 Å². The zero-order chi connectivity index (χ0) is 22.9. The topological polar surface area (TPSA) is 123 Å². The van der Waals surface area contributed by atoms with Crippen LogP contribution in [0.25, 0.3) is 0 Å². The molecular weight excluding hydrogens is 480 g/mol. The van der Waals surface area contributed by atoms with Gasteiger partial charge in [0.05, 0.1) is 15.6 Å². The molecule has 0 radical (unpaired) electrons. The Morgan fingerprint density at radius 2 is 1.78 bits per heavy atom. The number of hydrogen-bond acceptors (Lipinski definition) is 6. The highest BCUT2D eigenvalue weighted by atomic mass is 79.9. The van der Waals surface area contributed by atoms with E-state index >= 15 is 0 Å². The Bertz CT molecular complexity index is 1150. The van der Waals surface area contributed by atoms with Crippen molar-refractivity contribution < 1.29 is 19.2 Å². The normalized spacial score (nSPS) is 10.5. The minimum atomic E-state index is -0.541. The molecule has 0 saturated carbocycles. The molecule has 2 N–H and O–H groups in total. The maximum atomic E-state index is 12.1. The highest BCUT2D eigenvalue weighted by Crippen LogP contribution is 2.25. The van der Waals surface area contributed by atoms with Crippen LogP contribution in [0.3, 0.4) is 0 Å². The van der Waals surface area contributed by atoms with Gasteiger partial charge in [0.1, 0.15) is 5.75 Å². The standard InChI is InChI=1S/C22H17BrN4O5/c23-19-12-15(13-24-26-22(29)16-7-9-18(10-8-16)27(30)31)6-11-20(19)32-14-21(28)25-17-4-2-1-3-5-17/h1-13H,14H2,(H,25,28)(H,26,29)/b24-13+. The van der Waals surface area contributed by atoms with Crippen molar-refractivity contribution >= 4 is 45.3 Å². The van der Waals surface area contributed by atoms with E-state index in [1.54, 1.807) is 30.3 Å². The molecule has 3 aromatic rings. The number of nitrogens with one attached hydrogen (secondary N) is 2. The van der Waals surface area contributed by atoms with E-state index in [9.17, 15) is 19.7 Å². The molecule has 0 aliphatic carbocycles. The average molecular weight is 497 g/mol. The third-order valence-corrected chi connectivity index (χ3v) is 4.71. The largest absolute Gasteiger partial charge is 0.483 e. The Labute approximate surface area is 191 Å². The number of ether oxygens (including phenoxy) is 1. The van der Waals surface area contributed by atoms with Gasteiger partial charge in [-0.05, 0) is 64.0 Å². The molecule has 0 unspecified atom stereocenters. The lowest BCUT2D eigenvalue weighted by Crippen LogP contribution is -2.20. The zero-order valence-electron chi connectivity index (χ0n) is 16.5. The van der Waals surface area contributed by atoms with Gasteiger partial charge in [0.15, 0.2) is 6.61 Å². The molecule has 10 heteroatoms. The summed E-state index contributed by atoms with van der Waals surface area (Å²) in [4.78, 5) is 34.2. The van der Waals surface area contributed by atoms with E-state index in [-0.39, 0.29) is 23.8 Å². The second-order valence-electron chi connectivity index (χ2n) is 6.40. The van der Waals surface area contributed by atoms with Crippen molar-refractivity contribution in [2.45, 2.75) is 0 Å². The van der Waals surface area contributed by atoms with Gasteiger partial charge in [-0.2, -0.15) is 5.10 Å².